The van der Waals surface area contributed by atoms with Crippen LogP contribution in [-0.2, 0) is 14.3 Å². The van der Waals surface area contributed by atoms with E-state index in [4.69, 9.17) is 9.47 Å². The number of halogens is 1. The summed E-state index contributed by atoms with van der Waals surface area (Å²) >= 11 is 3.40. The molecule has 1 amide bonds. The number of ether oxygens (including phenoxy) is 2. The summed E-state index contributed by atoms with van der Waals surface area (Å²) in [5.41, 5.74) is 3.37. The lowest BCUT2D eigenvalue weighted by molar-refractivity contribution is -0.131. The zero-order chi connectivity index (χ0) is 23.2. The molecule has 1 aliphatic carbocycles. The third kappa shape index (κ3) is 4.06. The van der Waals surface area contributed by atoms with Gasteiger partial charge in [0, 0.05) is 48.0 Å². The molecule has 2 heterocycles. The molecule has 32 heavy (non-hydrogen) atoms. The molecule has 1 saturated heterocycles. The second-order valence-electron chi connectivity index (χ2n) is 9.39. The number of allylic oxidation sites excluding steroid dienone is 3. The quantitative estimate of drug-likeness (QED) is 0.653. The van der Waals surface area contributed by atoms with Crippen molar-refractivity contribution in [2.45, 2.75) is 39.5 Å². The van der Waals surface area contributed by atoms with Crippen molar-refractivity contribution in [2.75, 3.05) is 33.4 Å². The molecule has 8 heteroatoms. The molecule has 0 saturated carbocycles. The Bertz CT molecular complexity index is 1040. The normalized spacial score (nSPS) is 23.1. The number of hydrogen-bond acceptors (Lipinski definition) is 6. The van der Waals surface area contributed by atoms with Gasteiger partial charge < -0.3 is 24.8 Å². The lowest BCUT2D eigenvalue weighted by Crippen LogP contribution is -2.45. The van der Waals surface area contributed by atoms with Gasteiger partial charge in [-0.25, -0.2) is 0 Å². The van der Waals surface area contributed by atoms with E-state index in [1.54, 1.807) is 17.0 Å². The number of phenolic OH excluding ortho intramolecular Hbond substituents is 1. The average molecular weight is 505 g/mol. The van der Waals surface area contributed by atoms with Crippen LogP contribution in [0.5, 0.6) is 11.5 Å². The lowest BCUT2D eigenvalue weighted by Gasteiger charge is -2.41. The predicted molar refractivity (Wildman–Crippen MR) is 123 cm³/mol. The Balaban J connectivity index is 1.89. The Morgan fingerprint density at radius 2 is 1.97 bits per heavy atom. The molecule has 172 valence electrons. The number of benzene rings is 1. The number of phenols is 1. The SMILES string of the molecule is COc1cc([C@H]2C(C(=O)N3CCOCC3)=C(C)NC3=C2C(=O)CC(C)(C)C3)cc(Br)c1O. The van der Waals surface area contributed by atoms with Crippen molar-refractivity contribution in [3.05, 3.63) is 44.7 Å². The second kappa shape index (κ2) is 8.56. The van der Waals surface area contributed by atoms with Gasteiger partial charge in [-0.2, -0.15) is 0 Å². The number of ketones is 1. The van der Waals surface area contributed by atoms with E-state index >= 15 is 0 Å². The van der Waals surface area contributed by atoms with Gasteiger partial charge in [0.25, 0.3) is 5.91 Å². The number of dihydropyridines is 1. The first-order valence-corrected chi connectivity index (χ1v) is 11.6. The zero-order valence-corrected chi connectivity index (χ0v) is 20.5. The molecule has 0 aromatic heterocycles. The number of aromatic hydroxyl groups is 1. The molecule has 1 atom stereocenters. The Labute approximate surface area is 196 Å². The molecule has 0 unspecified atom stereocenters. The number of nitrogens with one attached hydrogen (secondary N) is 1. The molecule has 3 aliphatic rings. The van der Waals surface area contributed by atoms with Crippen molar-refractivity contribution in [2.24, 2.45) is 5.41 Å². The van der Waals surface area contributed by atoms with Gasteiger partial charge in [0.2, 0.25) is 0 Å². The number of rotatable bonds is 3. The van der Waals surface area contributed by atoms with E-state index in [-0.39, 0.29) is 28.6 Å². The number of amides is 1. The summed E-state index contributed by atoms with van der Waals surface area (Å²) in [4.78, 5) is 28.9. The summed E-state index contributed by atoms with van der Waals surface area (Å²) in [5, 5.41) is 13.7. The van der Waals surface area contributed by atoms with Crippen molar-refractivity contribution < 1.29 is 24.2 Å². The molecule has 2 N–H and O–H groups in total. The fourth-order valence-corrected chi connectivity index (χ4v) is 5.37. The van der Waals surface area contributed by atoms with E-state index in [9.17, 15) is 14.7 Å². The first-order valence-electron chi connectivity index (χ1n) is 10.8. The summed E-state index contributed by atoms with van der Waals surface area (Å²) in [5.74, 6) is -0.338. The third-order valence-electron chi connectivity index (χ3n) is 6.37. The summed E-state index contributed by atoms with van der Waals surface area (Å²) in [6, 6.07) is 3.49. The van der Waals surface area contributed by atoms with Crippen LogP contribution in [0.4, 0.5) is 0 Å². The molecule has 1 aromatic rings. The van der Waals surface area contributed by atoms with Crippen molar-refractivity contribution >= 4 is 27.6 Å². The Morgan fingerprint density at radius 1 is 1.28 bits per heavy atom. The van der Waals surface area contributed by atoms with Crippen LogP contribution in [0.15, 0.2) is 39.1 Å². The van der Waals surface area contributed by atoms with Crippen LogP contribution < -0.4 is 10.1 Å². The van der Waals surface area contributed by atoms with E-state index in [0.717, 1.165) is 23.4 Å². The molecule has 4 rings (SSSR count). The molecule has 1 fully saturated rings. The first-order chi connectivity index (χ1) is 15.1. The zero-order valence-electron chi connectivity index (χ0n) is 18.9. The fraction of sp³-hybridized carbons (Fsp3) is 0.500. The lowest BCUT2D eigenvalue weighted by atomic mass is 9.68. The summed E-state index contributed by atoms with van der Waals surface area (Å²) in [6.07, 6.45) is 1.13. The van der Waals surface area contributed by atoms with Crippen molar-refractivity contribution in [3.8, 4) is 11.5 Å². The number of morpholine rings is 1. The molecule has 0 radical (unpaired) electrons. The van der Waals surface area contributed by atoms with Crippen LogP contribution in [0.1, 0.15) is 45.1 Å². The minimum absolute atomic E-state index is 0.0164. The van der Waals surface area contributed by atoms with E-state index in [0.29, 0.717) is 48.3 Å². The number of methoxy groups -OCH3 is 1. The van der Waals surface area contributed by atoms with Gasteiger partial charge in [0.05, 0.1) is 24.8 Å². The van der Waals surface area contributed by atoms with Crippen LogP contribution in [0, 0.1) is 5.41 Å². The van der Waals surface area contributed by atoms with Crippen LogP contribution in [0.3, 0.4) is 0 Å². The molecule has 0 spiro atoms. The summed E-state index contributed by atoms with van der Waals surface area (Å²) in [7, 11) is 1.48. The molecule has 0 bridgehead atoms. The minimum Gasteiger partial charge on any atom is -0.503 e. The predicted octanol–water partition coefficient (Wildman–Crippen LogP) is 3.63. The number of hydrogen-bond donors (Lipinski definition) is 2. The standard InChI is InChI=1S/C24H29BrN2O5/c1-13-19(23(30)27-5-7-32-8-6-27)20(14-9-15(25)22(29)18(10-14)31-4)21-16(26-13)11-24(2,3)12-17(21)28/h9-10,20,26,29H,5-8,11-12H2,1-4H3/t20-/m0/s1. The van der Waals surface area contributed by atoms with Gasteiger partial charge in [-0.05, 0) is 52.4 Å². The largest absolute Gasteiger partial charge is 0.503 e. The van der Waals surface area contributed by atoms with Gasteiger partial charge in [0.1, 0.15) is 0 Å². The molecule has 1 aromatic carbocycles. The van der Waals surface area contributed by atoms with Crippen LogP contribution in [-0.4, -0.2) is 55.1 Å². The highest BCUT2D eigenvalue weighted by Crippen LogP contribution is 2.49. The maximum absolute atomic E-state index is 13.7. The van der Waals surface area contributed by atoms with Gasteiger partial charge in [-0.3, -0.25) is 9.59 Å². The van der Waals surface area contributed by atoms with E-state index in [1.165, 1.54) is 7.11 Å². The number of nitrogens with zero attached hydrogens (tertiary/aromatic N) is 1. The van der Waals surface area contributed by atoms with Crippen LogP contribution in [0.25, 0.3) is 0 Å². The van der Waals surface area contributed by atoms with E-state index in [1.807, 2.05) is 6.92 Å². The van der Waals surface area contributed by atoms with Crippen molar-refractivity contribution in [1.29, 1.82) is 0 Å². The second-order valence-corrected chi connectivity index (χ2v) is 10.2. The Morgan fingerprint density at radius 3 is 2.62 bits per heavy atom. The third-order valence-corrected chi connectivity index (χ3v) is 6.98. The van der Waals surface area contributed by atoms with Gasteiger partial charge in [0.15, 0.2) is 17.3 Å². The molecule has 2 aliphatic heterocycles. The monoisotopic (exact) mass is 504 g/mol. The maximum Gasteiger partial charge on any atom is 0.252 e. The van der Waals surface area contributed by atoms with Gasteiger partial charge in [-0.15, -0.1) is 0 Å². The van der Waals surface area contributed by atoms with E-state index < -0.39 is 5.92 Å². The highest BCUT2D eigenvalue weighted by Gasteiger charge is 2.44. The average Bonchev–Trinajstić information content (AvgIpc) is 2.74. The Kier molecular flexibility index (Phi) is 6.11. The molecule has 7 nitrogen and oxygen atoms in total. The van der Waals surface area contributed by atoms with Crippen LogP contribution in [0.2, 0.25) is 0 Å². The highest BCUT2D eigenvalue weighted by atomic mass is 79.9. The van der Waals surface area contributed by atoms with Crippen molar-refractivity contribution in [3.63, 3.8) is 0 Å². The minimum atomic E-state index is -0.545. The number of carbonyl (C=O) groups is 2. The van der Waals surface area contributed by atoms with Gasteiger partial charge >= 0.3 is 0 Å². The first kappa shape index (κ1) is 22.9. The van der Waals surface area contributed by atoms with Crippen molar-refractivity contribution in [1.82, 2.24) is 10.2 Å². The van der Waals surface area contributed by atoms with E-state index in [2.05, 4.69) is 35.1 Å². The maximum atomic E-state index is 13.7. The summed E-state index contributed by atoms with van der Waals surface area (Å²) < 4.78 is 11.2. The van der Waals surface area contributed by atoms with Gasteiger partial charge in [-0.1, -0.05) is 13.8 Å². The van der Waals surface area contributed by atoms with Crippen LogP contribution >= 0.6 is 15.9 Å². The smallest absolute Gasteiger partial charge is 0.252 e. The fourth-order valence-electron chi connectivity index (χ4n) is 4.91. The Hall–Kier alpha value is -2.32. The topological polar surface area (TPSA) is 88.1 Å². The highest BCUT2D eigenvalue weighted by molar-refractivity contribution is 9.10. The molecular weight excluding hydrogens is 476 g/mol. The summed E-state index contributed by atoms with van der Waals surface area (Å²) in [6.45, 7) is 8.07. The molecular formula is C24H29BrN2O5. The number of carbonyl (C=O) groups excluding carboxylic acids is 2. The number of Topliss-reactive ketones (excluding diaryl/α,β-unsaturated/α-hetero) is 1.